The first-order valence-corrected chi connectivity index (χ1v) is 9.19. The van der Waals surface area contributed by atoms with Crippen molar-refractivity contribution in [2.24, 2.45) is 0 Å². The molecule has 0 heterocycles. The summed E-state index contributed by atoms with van der Waals surface area (Å²) in [4.78, 5) is 34.8. The number of alkyl carbamates (subject to hydrolysis) is 1. The molecule has 0 fully saturated rings. The number of rotatable bonds is 10. The first-order chi connectivity index (χ1) is 12.8. The summed E-state index contributed by atoms with van der Waals surface area (Å²) >= 11 is 0. The lowest BCUT2D eigenvalue weighted by molar-refractivity contribution is -0.155. The van der Waals surface area contributed by atoms with Gasteiger partial charge in [0.1, 0.15) is 12.2 Å². The quantitative estimate of drug-likeness (QED) is 0.482. The van der Waals surface area contributed by atoms with Gasteiger partial charge in [-0.3, -0.25) is 9.59 Å². The van der Waals surface area contributed by atoms with Crippen molar-refractivity contribution in [2.45, 2.75) is 58.7 Å². The largest absolute Gasteiger partial charge is 0.460 e. The van der Waals surface area contributed by atoms with E-state index in [0.717, 1.165) is 5.56 Å². The lowest BCUT2D eigenvalue weighted by atomic mass is 10.2. The molecule has 0 aromatic heterocycles. The molecule has 1 aromatic rings. The van der Waals surface area contributed by atoms with Crippen LogP contribution in [0, 0.1) is 0 Å². The van der Waals surface area contributed by atoms with Gasteiger partial charge in [-0.15, -0.1) is 0 Å². The zero-order valence-electron chi connectivity index (χ0n) is 16.4. The molecule has 0 saturated carbocycles. The summed E-state index contributed by atoms with van der Waals surface area (Å²) in [6, 6.07) is 9.40. The Bertz CT molecular complexity index is 596. The molecular weight excluding hydrogens is 348 g/mol. The van der Waals surface area contributed by atoms with Crippen LogP contribution in [-0.2, 0) is 25.7 Å². The number of hydrogen-bond acceptors (Lipinski definition) is 5. The minimum absolute atomic E-state index is 0.112. The molecule has 27 heavy (non-hydrogen) atoms. The summed E-state index contributed by atoms with van der Waals surface area (Å²) in [5.41, 5.74) is 0.425. The average Bonchev–Trinajstić information content (AvgIpc) is 2.60. The Kier molecular flexibility index (Phi) is 9.93. The maximum absolute atomic E-state index is 11.7. The summed E-state index contributed by atoms with van der Waals surface area (Å²) in [5.74, 6) is -0.381. The molecule has 0 bridgehead atoms. The molecule has 0 atom stereocenters. The van der Waals surface area contributed by atoms with Crippen LogP contribution in [0.2, 0.25) is 0 Å². The molecule has 150 valence electrons. The molecule has 1 rings (SSSR count). The molecule has 0 aliphatic carbocycles. The molecule has 0 radical (unpaired) electrons. The van der Waals surface area contributed by atoms with Gasteiger partial charge in [0.2, 0.25) is 5.91 Å². The normalized spacial score (nSPS) is 10.8. The Balaban J connectivity index is 2.00. The second-order valence-corrected chi connectivity index (χ2v) is 7.13. The zero-order chi connectivity index (χ0) is 20.1. The van der Waals surface area contributed by atoms with E-state index < -0.39 is 11.7 Å². The van der Waals surface area contributed by atoms with Crippen LogP contribution >= 0.6 is 0 Å². The van der Waals surface area contributed by atoms with E-state index >= 15 is 0 Å². The van der Waals surface area contributed by atoms with Crippen molar-refractivity contribution in [1.29, 1.82) is 0 Å². The number of hydrogen-bond donors (Lipinski definition) is 2. The van der Waals surface area contributed by atoms with Gasteiger partial charge >= 0.3 is 12.1 Å². The van der Waals surface area contributed by atoms with E-state index in [1.54, 1.807) is 0 Å². The van der Waals surface area contributed by atoms with Crippen LogP contribution in [0.15, 0.2) is 30.3 Å². The Morgan fingerprint density at radius 3 is 2.22 bits per heavy atom. The molecule has 0 aliphatic rings. The van der Waals surface area contributed by atoms with E-state index in [0.29, 0.717) is 32.4 Å². The van der Waals surface area contributed by atoms with E-state index in [4.69, 9.17) is 9.47 Å². The highest BCUT2D eigenvalue weighted by atomic mass is 16.6. The molecule has 0 aliphatic heterocycles. The highest BCUT2D eigenvalue weighted by molar-refractivity contribution is 5.76. The number of esters is 1. The summed E-state index contributed by atoms with van der Waals surface area (Å²) in [5, 5.41) is 5.35. The molecule has 7 heteroatoms. The Hall–Kier alpha value is -2.57. The van der Waals surface area contributed by atoms with E-state index in [2.05, 4.69) is 10.6 Å². The SMILES string of the molecule is CC(C)(C)OC(=O)CCCNC(=O)CCCNC(=O)OCc1ccccc1. The van der Waals surface area contributed by atoms with Crippen LogP contribution in [-0.4, -0.2) is 36.7 Å². The average molecular weight is 378 g/mol. The van der Waals surface area contributed by atoms with Crippen molar-refractivity contribution in [1.82, 2.24) is 10.6 Å². The highest BCUT2D eigenvalue weighted by Crippen LogP contribution is 2.08. The summed E-state index contributed by atoms with van der Waals surface area (Å²) < 4.78 is 10.3. The number of ether oxygens (including phenoxy) is 2. The Morgan fingerprint density at radius 1 is 0.926 bits per heavy atom. The fourth-order valence-corrected chi connectivity index (χ4v) is 2.16. The monoisotopic (exact) mass is 378 g/mol. The second-order valence-electron chi connectivity index (χ2n) is 7.13. The van der Waals surface area contributed by atoms with E-state index in [1.165, 1.54) is 0 Å². The van der Waals surface area contributed by atoms with E-state index in [1.807, 2.05) is 51.1 Å². The fourth-order valence-electron chi connectivity index (χ4n) is 2.16. The smallest absolute Gasteiger partial charge is 0.407 e. The van der Waals surface area contributed by atoms with Crippen molar-refractivity contribution in [2.75, 3.05) is 13.1 Å². The fraction of sp³-hybridized carbons (Fsp3) is 0.550. The number of benzene rings is 1. The third-order valence-electron chi connectivity index (χ3n) is 3.36. The standard InChI is InChI=1S/C20H30N2O5/c1-20(2,3)27-18(24)12-8-13-21-17(23)11-7-14-22-19(25)26-15-16-9-5-4-6-10-16/h4-6,9-10H,7-8,11-15H2,1-3H3,(H,21,23)(H,22,25). The lowest BCUT2D eigenvalue weighted by Crippen LogP contribution is -2.29. The van der Waals surface area contributed by atoms with Gasteiger partial charge in [0.05, 0.1) is 0 Å². The summed E-state index contributed by atoms with van der Waals surface area (Å²) in [7, 11) is 0. The van der Waals surface area contributed by atoms with Crippen LogP contribution in [0.5, 0.6) is 0 Å². The first-order valence-electron chi connectivity index (χ1n) is 9.19. The van der Waals surface area contributed by atoms with Crippen molar-refractivity contribution in [3.05, 3.63) is 35.9 Å². The lowest BCUT2D eigenvalue weighted by Gasteiger charge is -2.19. The van der Waals surface area contributed by atoms with Crippen molar-refractivity contribution >= 4 is 18.0 Å². The first kappa shape index (κ1) is 22.5. The number of amides is 2. The van der Waals surface area contributed by atoms with Gasteiger partial charge in [-0.2, -0.15) is 0 Å². The van der Waals surface area contributed by atoms with E-state index in [-0.39, 0.29) is 24.9 Å². The second kappa shape index (κ2) is 11.9. The molecule has 0 unspecified atom stereocenters. The molecule has 2 amide bonds. The minimum atomic E-state index is -0.503. The molecule has 0 saturated heterocycles. The number of carbonyl (C=O) groups is 3. The zero-order valence-corrected chi connectivity index (χ0v) is 16.4. The van der Waals surface area contributed by atoms with Gasteiger partial charge < -0.3 is 20.1 Å². The van der Waals surface area contributed by atoms with Gasteiger partial charge in [-0.25, -0.2) is 4.79 Å². The Labute approximate surface area is 160 Å². The van der Waals surface area contributed by atoms with Crippen LogP contribution < -0.4 is 10.6 Å². The van der Waals surface area contributed by atoms with Gasteiger partial charge in [0.15, 0.2) is 0 Å². The van der Waals surface area contributed by atoms with Crippen LogP contribution in [0.3, 0.4) is 0 Å². The summed E-state index contributed by atoms with van der Waals surface area (Å²) in [6.45, 7) is 6.45. The van der Waals surface area contributed by atoms with Crippen LogP contribution in [0.1, 0.15) is 52.0 Å². The third-order valence-corrected chi connectivity index (χ3v) is 3.36. The molecular formula is C20H30N2O5. The molecule has 2 N–H and O–H groups in total. The van der Waals surface area contributed by atoms with Gasteiger partial charge in [0, 0.05) is 25.9 Å². The minimum Gasteiger partial charge on any atom is -0.460 e. The molecule has 1 aromatic carbocycles. The highest BCUT2D eigenvalue weighted by Gasteiger charge is 2.15. The predicted octanol–water partition coefficient (Wildman–Crippen LogP) is 2.93. The third kappa shape index (κ3) is 12.4. The van der Waals surface area contributed by atoms with Gasteiger partial charge in [0.25, 0.3) is 0 Å². The number of nitrogens with one attached hydrogen (secondary N) is 2. The molecule has 7 nitrogen and oxygen atoms in total. The topological polar surface area (TPSA) is 93.7 Å². The molecule has 0 spiro atoms. The van der Waals surface area contributed by atoms with Gasteiger partial charge in [-0.1, -0.05) is 30.3 Å². The van der Waals surface area contributed by atoms with Crippen LogP contribution in [0.4, 0.5) is 4.79 Å². The van der Waals surface area contributed by atoms with Crippen molar-refractivity contribution < 1.29 is 23.9 Å². The van der Waals surface area contributed by atoms with Crippen molar-refractivity contribution in [3.8, 4) is 0 Å². The number of carbonyl (C=O) groups excluding carboxylic acids is 3. The predicted molar refractivity (Wildman–Crippen MR) is 102 cm³/mol. The van der Waals surface area contributed by atoms with E-state index in [9.17, 15) is 14.4 Å². The Morgan fingerprint density at radius 2 is 1.56 bits per heavy atom. The maximum atomic E-state index is 11.7. The maximum Gasteiger partial charge on any atom is 0.407 e. The van der Waals surface area contributed by atoms with Gasteiger partial charge in [-0.05, 0) is 39.2 Å². The summed E-state index contributed by atoms with van der Waals surface area (Å²) in [6.07, 6.45) is 1.11. The van der Waals surface area contributed by atoms with Crippen molar-refractivity contribution in [3.63, 3.8) is 0 Å². The van der Waals surface area contributed by atoms with Crippen LogP contribution in [0.25, 0.3) is 0 Å².